The van der Waals surface area contributed by atoms with Gasteiger partial charge in [-0.05, 0) is 35.9 Å². The number of nitrogens with one attached hydrogen (secondary N) is 1. The number of fused-ring (bicyclic) bond motifs is 1. The maximum atomic E-state index is 13.2. The predicted molar refractivity (Wildman–Crippen MR) is 109 cm³/mol. The van der Waals surface area contributed by atoms with Crippen LogP contribution in [-0.2, 0) is 17.5 Å². The maximum absolute atomic E-state index is 13.2. The van der Waals surface area contributed by atoms with Crippen molar-refractivity contribution in [3.63, 3.8) is 0 Å². The van der Waals surface area contributed by atoms with Gasteiger partial charge < -0.3 is 5.32 Å². The lowest BCUT2D eigenvalue weighted by Gasteiger charge is -2.10. The van der Waals surface area contributed by atoms with E-state index < -0.39 is 35.6 Å². The molecule has 0 atom stereocenters. The van der Waals surface area contributed by atoms with Gasteiger partial charge in [-0.15, -0.1) is 11.3 Å². The third-order valence-electron chi connectivity index (χ3n) is 4.50. The average Bonchev–Trinajstić information content (AvgIpc) is 3.15. The van der Waals surface area contributed by atoms with E-state index in [-0.39, 0.29) is 11.1 Å². The largest absolute Gasteiger partial charge is 0.416 e. The molecule has 0 aliphatic rings. The molecule has 0 fully saturated rings. The smallest absolute Gasteiger partial charge is 0.325 e. The van der Waals surface area contributed by atoms with Gasteiger partial charge >= 0.3 is 6.18 Å². The van der Waals surface area contributed by atoms with Gasteiger partial charge in [-0.3, -0.25) is 14.2 Å². The Kier molecular flexibility index (Phi) is 5.32. The topological polar surface area (TPSA) is 64.0 Å². The molecule has 5 nitrogen and oxygen atoms in total. The van der Waals surface area contributed by atoms with Crippen molar-refractivity contribution in [3.8, 4) is 11.1 Å². The van der Waals surface area contributed by atoms with Crippen LogP contribution in [0.25, 0.3) is 21.3 Å². The zero-order chi connectivity index (χ0) is 22.2. The molecule has 2 heterocycles. The van der Waals surface area contributed by atoms with Gasteiger partial charge in [0, 0.05) is 16.6 Å². The Labute approximate surface area is 176 Å². The molecular formula is C21H13F4N3O2S. The fourth-order valence-corrected chi connectivity index (χ4v) is 3.96. The standard InChI is InChI=1S/C21H13F4N3O2S/c22-14-6-4-12(5-7-14)16-10-31-19-18(16)20(30)28(11-26-19)9-17(29)27-15-3-1-2-13(8-15)21(23,24)25/h1-8,10-11H,9H2,(H,27,29). The molecule has 4 rings (SSSR count). The minimum absolute atomic E-state index is 0.0376. The molecule has 2 aromatic carbocycles. The van der Waals surface area contributed by atoms with Gasteiger partial charge in [0.25, 0.3) is 5.56 Å². The zero-order valence-corrected chi connectivity index (χ0v) is 16.4. The van der Waals surface area contributed by atoms with Crippen molar-refractivity contribution < 1.29 is 22.4 Å². The lowest BCUT2D eigenvalue weighted by Crippen LogP contribution is -2.27. The van der Waals surface area contributed by atoms with Gasteiger partial charge in [0.1, 0.15) is 17.2 Å². The van der Waals surface area contributed by atoms with E-state index >= 15 is 0 Å². The molecule has 0 bridgehead atoms. The highest BCUT2D eigenvalue weighted by Crippen LogP contribution is 2.31. The van der Waals surface area contributed by atoms with E-state index in [1.165, 1.54) is 54.1 Å². The van der Waals surface area contributed by atoms with Gasteiger partial charge in [-0.1, -0.05) is 18.2 Å². The van der Waals surface area contributed by atoms with Crippen LogP contribution in [0.2, 0.25) is 0 Å². The summed E-state index contributed by atoms with van der Waals surface area (Å²) in [6.07, 6.45) is -3.33. The first-order valence-electron chi connectivity index (χ1n) is 8.92. The fourth-order valence-electron chi connectivity index (χ4n) is 3.05. The number of halogens is 4. The summed E-state index contributed by atoms with van der Waals surface area (Å²) in [6.45, 7) is -0.434. The van der Waals surface area contributed by atoms with E-state index in [1.807, 2.05) is 0 Å². The number of amides is 1. The van der Waals surface area contributed by atoms with Crippen LogP contribution in [0, 0.1) is 5.82 Å². The molecule has 31 heavy (non-hydrogen) atoms. The van der Waals surface area contributed by atoms with E-state index in [1.54, 1.807) is 5.38 Å². The highest BCUT2D eigenvalue weighted by molar-refractivity contribution is 7.17. The van der Waals surface area contributed by atoms with Crippen molar-refractivity contribution in [3.05, 3.63) is 82.0 Å². The van der Waals surface area contributed by atoms with Crippen molar-refractivity contribution >= 4 is 33.1 Å². The summed E-state index contributed by atoms with van der Waals surface area (Å²) >= 11 is 1.24. The van der Waals surface area contributed by atoms with E-state index in [4.69, 9.17) is 0 Å². The van der Waals surface area contributed by atoms with Crippen LogP contribution < -0.4 is 10.9 Å². The fraction of sp³-hybridized carbons (Fsp3) is 0.0952. The van der Waals surface area contributed by atoms with Crippen molar-refractivity contribution in [2.24, 2.45) is 0 Å². The molecule has 158 valence electrons. The first-order chi connectivity index (χ1) is 14.7. The minimum Gasteiger partial charge on any atom is -0.325 e. The van der Waals surface area contributed by atoms with Crippen molar-refractivity contribution in [1.82, 2.24) is 9.55 Å². The number of hydrogen-bond donors (Lipinski definition) is 1. The van der Waals surface area contributed by atoms with Crippen molar-refractivity contribution in [2.45, 2.75) is 12.7 Å². The number of hydrogen-bond acceptors (Lipinski definition) is 4. The second-order valence-electron chi connectivity index (χ2n) is 6.64. The molecular weight excluding hydrogens is 434 g/mol. The van der Waals surface area contributed by atoms with Crippen LogP contribution in [-0.4, -0.2) is 15.5 Å². The Morgan fingerprint density at radius 2 is 1.87 bits per heavy atom. The lowest BCUT2D eigenvalue weighted by atomic mass is 10.1. The number of anilines is 1. The molecule has 0 saturated carbocycles. The van der Waals surface area contributed by atoms with E-state index in [9.17, 15) is 27.2 Å². The van der Waals surface area contributed by atoms with Crippen LogP contribution >= 0.6 is 11.3 Å². The van der Waals surface area contributed by atoms with Gasteiger partial charge in [-0.2, -0.15) is 13.2 Å². The van der Waals surface area contributed by atoms with Gasteiger partial charge in [-0.25, -0.2) is 9.37 Å². The zero-order valence-electron chi connectivity index (χ0n) is 15.6. The summed E-state index contributed by atoms with van der Waals surface area (Å²) in [6, 6.07) is 9.83. The van der Waals surface area contributed by atoms with Gasteiger partial charge in [0.05, 0.1) is 17.3 Å². The summed E-state index contributed by atoms with van der Waals surface area (Å²) in [5.74, 6) is -1.09. The molecule has 0 aliphatic carbocycles. The van der Waals surface area contributed by atoms with Gasteiger partial charge in [0.2, 0.25) is 5.91 Å². The molecule has 0 radical (unpaired) electrons. The number of carbonyl (C=O) groups is 1. The molecule has 1 N–H and O–H groups in total. The third kappa shape index (κ3) is 4.33. The lowest BCUT2D eigenvalue weighted by molar-refractivity contribution is -0.137. The molecule has 10 heteroatoms. The van der Waals surface area contributed by atoms with E-state index in [0.29, 0.717) is 16.0 Å². The average molecular weight is 447 g/mol. The Hall–Kier alpha value is -3.53. The van der Waals surface area contributed by atoms with Crippen molar-refractivity contribution in [1.29, 1.82) is 0 Å². The highest BCUT2D eigenvalue weighted by Gasteiger charge is 2.30. The highest BCUT2D eigenvalue weighted by atomic mass is 32.1. The number of aromatic nitrogens is 2. The summed E-state index contributed by atoms with van der Waals surface area (Å²) in [5, 5.41) is 4.36. The third-order valence-corrected chi connectivity index (χ3v) is 5.39. The molecule has 0 unspecified atom stereocenters. The maximum Gasteiger partial charge on any atom is 0.416 e. The number of thiophene rings is 1. The van der Waals surface area contributed by atoms with Crippen LogP contribution in [0.1, 0.15) is 5.56 Å². The molecule has 0 spiro atoms. The van der Waals surface area contributed by atoms with Crippen LogP contribution in [0.15, 0.2) is 65.0 Å². The summed E-state index contributed by atoms with van der Waals surface area (Å²) in [5.41, 5.74) is -0.232. The number of benzene rings is 2. The Morgan fingerprint density at radius 3 is 2.58 bits per heavy atom. The predicted octanol–water partition coefficient (Wildman–Crippen LogP) is 4.92. The number of rotatable bonds is 4. The SMILES string of the molecule is O=C(Cn1cnc2scc(-c3ccc(F)cc3)c2c1=O)Nc1cccc(C(F)(F)F)c1. The summed E-state index contributed by atoms with van der Waals surface area (Å²) in [7, 11) is 0. The number of nitrogens with zero attached hydrogens (tertiary/aromatic N) is 2. The van der Waals surface area contributed by atoms with Crippen LogP contribution in [0.3, 0.4) is 0 Å². The monoisotopic (exact) mass is 447 g/mol. The first kappa shape index (κ1) is 20.7. The normalized spacial score (nSPS) is 11.6. The minimum atomic E-state index is -4.54. The second-order valence-corrected chi connectivity index (χ2v) is 7.50. The van der Waals surface area contributed by atoms with Crippen LogP contribution in [0.4, 0.5) is 23.2 Å². The first-order valence-corrected chi connectivity index (χ1v) is 9.80. The summed E-state index contributed by atoms with van der Waals surface area (Å²) < 4.78 is 52.8. The van der Waals surface area contributed by atoms with Crippen molar-refractivity contribution in [2.75, 3.05) is 5.32 Å². The Bertz CT molecular complexity index is 1330. The van der Waals surface area contributed by atoms with Crippen LogP contribution in [0.5, 0.6) is 0 Å². The summed E-state index contributed by atoms with van der Waals surface area (Å²) in [4.78, 5) is 29.9. The molecule has 0 aliphatic heterocycles. The Balaban J connectivity index is 1.61. The Morgan fingerprint density at radius 1 is 1.13 bits per heavy atom. The van der Waals surface area contributed by atoms with Gasteiger partial charge in [0.15, 0.2) is 0 Å². The molecule has 1 amide bonds. The molecule has 0 saturated heterocycles. The number of carbonyl (C=O) groups excluding carboxylic acids is 1. The molecule has 2 aromatic heterocycles. The number of alkyl halides is 3. The van der Waals surface area contributed by atoms with E-state index in [2.05, 4.69) is 10.3 Å². The second kappa shape index (κ2) is 7.95. The van der Waals surface area contributed by atoms with E-state index in [0.717, 1.165) is 16.7 Å². The quantitative estimate of drug-likeness (QED) is 0.452. The molecule has 4 aromatic rings.